The molecular weight excluding hydrogens is 300 g/mol. The molecule has 0 spiro atoms. The third-order valence-electron chi connectivity index (χ3n) is 4.95. The van der Waals surface area contributed by atoms with E-state index in [0.29, 0.717) is 19.6 Å². The molecule has 0 N–H and O–H groups in total. The SMILES string of the molecule is O=C1CCN(CC2CC=CCC2)CCN1CCOc1ccccc1. The summed E-state index contributed by atoms with van der Waals surface area (Å²) in [4.78, 5) is 16.8. The quantitative estimate of drug-likeness (QED) is 0.753. The predicted octanol–water partition coefficient (Wildman–Crippen LogP) is 2.96. The predicted molar refractivity (Wildman–Crippen MR) is 96.1 cm³/mol. The van der Waals surface area contributed by atoms with Gasteiger partial charge < -0.3 is 14.5 Å². The zero-order chi connectivity index (χ0) is 16.6. The Bertz CT molecular complexity index is 544. The summed E-state index contributed by atoms with van der Waals surface area (Å²) in [6, 6.07) is 9.80. The van der Waals surface area contributed by atoms with Crippen molar-refractivity contribution in [3.63, 3.8) is 0 Å². The summed E-state index contributed by atoms with van der Waals surface area (Å²) in [7, 11) is 0. The van der Waals surface area contributed by atoms with Crippen molar-refractivity contribution in [2.45, 2.75) is 25.7 Å². The molecule has 1 atom stereocenters. The molecule has 24 heavy (non-hydrogen) atoms. The molecule has 2 aliphatic rings. The second-order valence-electron chi connectivity index (χ2n) is 6.74. The van der Waals surface area contributed by atoms with Crippen molar-refractivity contribution in [1.29, 1.82) is 0 Å². The van der Waals surface area contributed by atoms with Crippen molar-refractivity contribution < 1.29 is 9.53 Å². The Morgan fingerprint density at radius 2 is 1.96 bits per heavy atom. The van der Waals surface area contributed by atoms with Gasteiger partial charge in [-0.25, -0.2) is 0 Å². The minimum Gasteiger partial charge on any atom is -0.492 e. The van der Waals surface area contributed by atoms with Crippen molar-refractivity contribution in [2.75, 3.05) is 39.3 Å². The van der Waals surface area contributed by atoms with Crippen molar-refractivity contribution in [1.82, 2.24) is 9.80 Å². The zero-order valence-corrected chi connectivity index (χ0v) is 14.4. The number of hydrogen-bond acceptors (Lipinski definition) is 3. The number of ether oxygens (including phenoxy) is 1. The average molecular weight is 328 g/mol. The van der Waals surface area contributed by atoms with Gasteiger partial charge in [-0.05, 0) is 37.3 Å². The second-order valence-corrected chi connectivity index (χ2v) is 6.74. The highest BCUT2D eigenvalue weighted by atomic mass is 16.5. The number of allylic oxidation sites excluding steroid dienone is 2. The first kappa shape index (κ1) is 17.0. The fourth-order valence-electron chi connectivity index (χ4n) is 3.51. The summed E-state index contributed by atoms with van der Waals surface area (Å²) < 4.78 is 5.73. The number of para-hydroxylation sites is 1. The maximum atomic E-state index is 12.3. The standard InChI is InChI=1S/C20H28N2O2/c23-20-11-12-21(17-18-7-3-1-4-8-18)13-14-22(20)15-16-24-19-9-5-2-6-10-19/h1-3,5-6,9-10,18H,4,7-8,11-17H2. The van der Waals surface area contributed by atoms with E-state index in [-0.39, 0.29) is 5.91 Å². The fourth-order valence-corrected chi connectivity index (χ4v) is 3.51. The van der Waals surface area contributed by atoms with Crippen LogP contribution in [0.2, 0.25) is 0 Å². The van der Waals surface area contributed by atoms with E-state index in [1.165, 1.54) is 19.3 Å². The van der Waals surface area contributed by atoms with E-state index in [4.69, 9.17) is 4.74 Å². The molecule has 1 aliphatic heterocycles. The fraction of sp³-hybridized carbons (Fsp3) is 0.550. The van der Waals surface area contributed by atoms with Crippen molar-refractivity contribution in [3.05, 3.63) is 42.5 Å². The van der Waals surface area contributed by atoms with Gasteiger partial charge in [-0.3, -0.25) is 4.79 Å². The lowest BCUT2D eigenvalue weighted by Gasteiger charge is -2.27. The monoisotopic (exact) mass is 328 g/mol. The molecule has 1 fully saturated rings. The van der Waals surface area contributed by atoms with Crippen LogP contribution in [0.3, 0.4) is 0 Å². The lowest BCUT2D eigenvalue weighted by atomic mass is 9.94. The summed E-state index contributed by atoms with van der Waals surface area (Å²) in [6.07, 6.45) is 8.92. The van der Waals surface area contributed by atoms with Crippen LogP contribution in [0, 0.1) is 5.92 Å². The Labute approximate surface area is 145 Å². The molecule has 130 valence electrons. The van der Waals surface area contributed by atoms with Gasteiger partial charge in [-0.1, -0.05) is 30.4 Å². The van der Waals surface area contributed by atoms with Gasteiger partial charge in [-0.15, -0.1) is 0 Å². The van der Waals surface area contributed by atoms with E-state index in [1.807, 2.05) is 35.2 Å². The number of nitrogens with zero attached hydrogens (tertiary/aromatic N) is 2. The van der Waals surface area contributed by atoms with Crippen LogP contribution in [-0.2, 0) is 4.79 Å². The molecule has 4 heteroatoms. The Balaban J connectivity index is 1.42. The van der Waals surface area contributed by atoms with Crippen molar-refractivity contribution in [2.24, 2.45) is 5.92 Å². The minimum absolute atomic E-state index is 0.262. The van der Waals surface area contributed by atoms with Crippen LogP contribution in [0.15, 0.2) is 42.5 Å². The average Bonchev–Trinajstić information content (AvgIpc) is 2.79. The summed E-state index contributed by atoms with van der Waals surface area (Å²) in [5.41, 5.74) is 0. The maximum Gasteiger partial charge on any atom is 0.224 e. The van der Waals surface area contributed by atoms with Crippen LogP contribution in [0.1, 0.15) is 25.7 Å². The third kappa shape index (κ3) is 5.10. The number of rotatable bonds is 6. The van der Waals surface area contributed by atoms with E-state index in [0.717, 1.165) is 37.8 Å². The molecule has 3 rings (SSSR count). The molecule has 0 saturated carbocycles. The Morgan fingerprint density at radius 3 is 2.75 bits per heavy atom. The van der Waals surface area contributed by atoms with Gasteiger partial charge in [0.05, 0.1) is 6.54 Å². The van der Waals surface area contributed by atoms with Crippen LogP contribution in [0.4, 0.5) is 0 Å². The number of hydrogen-bond donors (Lipinski definition) is 0. The third-order valence-corrected chi connectivity index (χ3v) is 4.95. The molecule has 1 heterocycles. The molecule has 0 aromatic heterocycles. The Morgan fingerprint density at radius 1 is 1.08 bits per heavy atom. The molecule has 1 aliphatic carbocycles. The van der Waals surface area contributed by atoms with E-state index >= 15 is 0 Å². The zero-order valence-electron chi connectivity index (χ0n) is 14.4. The van der Waals surface area contributed by atoms with E-state index < -0.39 is 0 Å². The lowest BCUT2D eigenvalue weighted by Crippen LogP contribution is -2.37. The van der Waals surface area contributed by atoms with Crippen molar-refractivity contribution in [3.8, 4) is 5.75 Å². The first-order valence-electron chi connectivity index (χ1n) is 9.14. The van der Waals surface area contributed by atoms with Gasteiger partial charge in [0.15, 0.2) is 0 Å². The second kappa shape index (κ2) is 8.88. The first-order chi connectivity index (χ1) is 11.8. The van der Waals surface area contributed by atoms with Crippen LogP contribution in [0.25, 0.3) is 0 Å². The number of carbonyl (C=O) groups excluding carboxylic acids is 1. The number of amides is 1. The molecule has 1 amide bonds. The highest BCUT2D eigenvalue weighted by Crippen LogP contribution is 2.20. The van der Waals surface area contributed by atoms with Crippen LogP contribution < -0.4 is 4.74 Å². The number of benzene rings is 1. The van der Waals surface area contributed by atoms with Gasteiger partial charge in [0, 0.05) is 32.6 Å². The molecule has 0 bridgehead atoms. The molecule has 1 saturated heterocycles. The molecule has 4 nitrogen and oxygen atoms in total. The lowest BCUT2D eigenvalue weighted by molar-refractivity contribution is -0.130. The smallest absolute Gasteiger partial charge is 0.224 e. The highest BCUT2D eigenvalue weighted by molar-refractivity contribution is 5.76. The normalized spacial score (nSPS) is 22.4. The van der Waals surface area contributed by atoms with Crippen LogP contribution in [-0.4, -0.2) is 55.0 Å². The van der Waals surface area contributed by atoms with E-state index in [2.05, 4.69) is 17.1 Å². The first-order valence-corrected chi connectivity index (χ1v) is 9.14. The Hall–Kier alpha value is -1.81. The number of carbonyl (C=O) groups is 1. The summed E-state index contributed by atoms with van der Waals surface area (Å²) in [5, 5.41) is 0. The van der Waals surface area contributed by atoms with Gasteiger partial charge in [0.25, 0.3) is 0 Å². The molecular formula is C20H28N2O2. The van der Waals surface area contributed by atoms with Gasteiger partial charge in [0.2, 0.25) is 5.91 Å². The van der Waals surface area contributed by atoms with Crippen molar-refractivity contribution >= 4 is 5.91 Å². The largest absolute Gasteiger partial charge is 0.492 e. The molecule has 1 unspecified atom stereocenters. The van der Waals surface area contributed by atoms with Gasteiger partial charge in [-0.2, -0.15) is 0 Å². The van der Waals surface area contributed by atoms with E-state index in [9.17, 15) is 4.79 Å². The summed E-state index contributed by atoms with van der Waals surface area (Å²) in [6.45, 7) is 5.06. The minimum atomic E-state index is 0.262. The molecule has 1 aromatic carbocycles. The topological polar surface area (TPSA) is 32.8 Å². The molecule has 0 radical (unpaired) electrons. The van der Waals surface area contributed by atoms with E-state index in [1.54, 1.807) is 0 Å². The van der Waals surface area contributed by atoms with Gasteiger partial charge in [0.1, 0.15) is 12.4 Å². The molecule has 1 aromatic rings. The van der Waals surface area contributed by atoms with Crippen LogP contribution >= 0.6 is 0 Å². The van der Waals surface area contributed by atoms with Gasteiger partial charge >= 0.3 is 0 Å². The Kier molecular flexibility index (Phi) is 6.30. The van der Waals surface area contributed by atoms with Crippen LogP contribution in [0.5, 0.6) is 5.75 Å². The highest BCUT2D eigenvalue weighted by Gasteiger charge is 2.22. The maximum absolute atomic E-state index is 12.3. The summed E-state index contributed by atoms with van der Waals surface area (Å²) >= 11 is 0. The summed E-state index contributed by atoms with van der Waals surface area (Å²) in [5.74, 6) is 1.89.